The van der Waals surface area contributed by atoms with Crippen LogP contribution in [-0.4, -0.2) is 66.7 Å². The molecule has 2 aliphatic rings. The summed E-state index contributed by atoms with van der Waals surface area (Å²) in [6.45, 7) is 6.06. The van der Waals surface area contributed by atoms with Crippen LogP contribution in [0, 0.1) is 0 Å². The first-order valence-electron chi connectivity index (χ1n) is 11.3. The van der Waals surface area contributed by atoms with E-state index in [0.717, 1.165) is 30.5 Å². The summed E-state index contributed by atoms with van der Waals surface area (Å²) in [5, 5.41) is 7.95. The molecule has 2 saturated heterocycles. The van der Waals surface area contributed by atoms with Crippen molar-refractivity contribution in [1.29, 1.82) is 0 Å². The van der Waals surface area contributed by atoms with Gasteiger partial charge in [-0.25, -0.2) is 4.98 Å². The summed E-state index contributed by atoms with van der Waals surface area (Å²) < 4.78 is 5.34. The summed E-state index contributed by atoms with van der Waals surface area (Å²) in [6.07, 6.45) is 3.78. The van der Waals surface area contributed by atoms with Gasteiger partial charge in [-0.05, 0) is 44.0 Å². The summed E-state index contributed by atoms with van der Waals surface area (Å²) in [5.74, 6) is 1.55. The zero-order valence-electron chi connectivity index (χ0n) is 19.0. The number of anilines is 2. The third-order valence-electron chi connectivity index (χ3n) is 6.17. The van der Waals surface area contributed by atoms with Crippen LogP contribution in [-0.2, 0) is 16.1 Å². The highest BCUT2D eigenvalue weighted by molar-refractivity contribution is 6.35. The summed E-state index contributed by atoms with van der Waals surface area (Å²) in [6, 6.07) is 5.35. The van der Waals surface area contributed by atoms with E-state index in [4.69, 9.17) is 32.9 Å². The molecule has 2 aliphatic heterocycles. The lowest BCUT2D eigenvalue weighted by Gasteiger charge is -2.36. The zero-order valence-corrected chi connectivity index (χ0v) is 20.5. The molecule has 1 aromatic carbocycles. The van der Waals surface area contributed by atoms with Gasteiger partial charge in [0, 0.05) is 55.1 Å². The molecule has 0 radical (unpaired) electrons. The molecule has 2 aromatic rings. The van der Waals surface area contributed by atoms with Gasteiger partial charge in [-0.1, -0.05) is 29.3 Å². The van der Waals surface area contributed by atoms with Gasteiger partial charge in [0.05, 0.1) is 18.7 Å². The van der Waals surface area contributed by atoms with Gasteiger partial charge in [-0.15, -0.1) is 0 Å². The van der Waals surface area contributed by atoms with Crippen LogP contribution in [0.1, 0.15) is 36.9 Å². The summed E-state index contributed by atoms with van der Waals surface area (Å²) in [7, 11) is 1.65. The number of methoxy groups -OCH3 is 1. The first-order valence-corrected chi connectivity index (χ1v) is 12.1. The van der Waals surface area contributed by atoms with Crippen molar-refractivity contribution in [2.24, 2.45) is 0 Å². The molecule has 0 spiro atoms. The van der Waals surface area contributed by atoms with E-state index < -0.39 is 0 Å². The van der Waals surface area contributed by atoms with Gasteiger partial charge in [-0.3, -0.25) is 4.79 Å². The molecule has 33 heavy (non-hydrogen) atoms. The van der Waals surface area contributed by atoms with Crippen LogP contribution in [0.3, 0.4) is 0 Å². The summed E-state index contributed by atoms with van der Waals surface area (Å²) in [4.78, 5) is 26.1. The van der Waals surface area contributed by atoms with Crippen LogP contribution >= 0.6 is 23.2 Å². The molecule has 0 saturated carbocycles. The van der Waals surface area contributed by atoms with Crippen molar-refractivity contribution in [2.75, 3.05) is 50.1 Å². The number of halogens is 2. The Hall–Kier alpha value is -2.13. The van der Waals surface area contributed by atoms with Gasteiger partial charge in [0.15, 0.2) is 0 Å². The molecule has 1 amide bonds. The molecule has 4 rings (SSSR count). The Balaban J connectivity index is 1.46. The Kier molecular flexibility index (Phi) is 7.90. The Bertz CT molecular complexity index is 977. The normalized spacial score (nSPS) is 19.6. The van der Waals surface area contributed by atoms with Gasteiger partial charge in [0.2, 0.25) is 11.9 Å². The smallest absolute Gasteiger partial charge is 0.239 e. The molecule has 0 bridgehead atoms. The number of carbonyl (C=O) groups is 1. The fourth-order valence-electron chi connectivity index (χ4n) is 4.31. The Morgan fingerprint density at radius 3 is 2.76 bits per heavy atom. The highest BCUT2D eigenvalue weighted by Crippen LogP contribution is 2.29. The van der Waals surface area contributed by atoms with Crippen LogP contribution in [0.4, 0.5) is 11.8 Å². The Morgan fingerprint density at radius 1 is 1.30 bits per heavy atom. The van der Waals surface area contributed by atoms with Gasteiger partial charge in [0.1, 0.15) is 5.82 Å². The second-order valence-electron chi connectivity index (χ2n) is 8.47. The number of nitrogens with zero attached hydrogens (tertiary/aromatic N) is 4. The van der Waals surface area contributed by atoms with E-state index in [0.29, 0.717) is 54.6 Å². The minimum Gasteiger partial charge on any atom is -0.380 e. The summed E-state index contributed by atoms with van der Waals surface area (Å²) in [5.41, 5.74) is 1.79. The molecule has 8 nitrogen and oxygen atoms in total. The minimum atomic E-state index is -0.0958. The SMILES string of the molecule is COCc1cnc(N2CCN(C(=O)[C@H]3CCCN3)CC2)nc1N[C@H](C)c1ccc(Cl)cc1Cl. The van der Waals surface area contributed by atoms with Crippen molar-refractivity contribution >= 4 is 40.9 Å². The fourth-order valence-corrected chi connectivity index (χ4v) is 4.89. The molecule has 178 valence electrons. The van der Waals surface area contributed by atoms with Crippen molar-refractivity contribution in [3.05, 3.63) is 45.6 Å². The second kappa shape index (κ2) is 10.9. The highest BCUT2D eigenvalue weighted by Gasteiger charge is 2.30. The lowest BCUT2D eigenvalue weighted by Crippen LogP contribution is -2.53. The number of carbonyl (C=O) groups excluding carboxylic acids is 1. The second-order valence-corrected chi connectivity index (χ2v) is 9.31. The van der Waals surface area contributed by atoms with Gasteiger partial charge in [-0.2, -0.15) is 4.98 Å². The van der Waals surface area contributed by atoms with Crippen LogP contribution in [0.25, 0.3) is 0 Å². The van der Waals surface area contributed by atoms with Crippen LogP contribution in [0.5, 0.6) is 0 Å². The number of hydrogen-bond donors (Lipinski definition) is 2. The molecule has 2 fully saturated rings. The average Bonchev–Trinajstić information content (AvgIpc) is 3.35. The van der Waals surface area contributed by atoms with Crippen molar-refractivity contribution in [2.45, 2.75) is 38.5 Å². The maximum Gasteiger partial charge on any atom is 0.239 e. The molecule has 2 N–H and O–H groups in total. The Morgan fingerprint density at radius 2 is 2.09 bits per heavy atom. The molecule has 0 aliphatic carbocycles. The standard InChI is InChI=1S/C23H30Cl2N6O2/c1-15(18-6-5-17(24)12-19(18)25)28-21-16(14-33-2)13-27-23(29-21)31-10-8-30(9-11-31)22(32)20-4-3-7-26-20/h5-6,12-13,15,20,26H,3-4,7-11,14H2,1-2H3,(H,27,28,29)/t15-,20-/m1/s1. The highest BCUT2D eigenvalue weighted by atomic mass is 35.5. The number of aromatic nitrogens is 2. The van der Waals surface area contributed by atoms with E-state index in [1.54, 1.807) is 19.4 Å². The molecular formula is C23H30Cl2N6O2. The molecule has 3 heterocycles. The number of rotatable bonds is 7. The minimum absolute atomic E-state index is 0.0295. The first kappa shape index (κ1) is 24.0. The fraction of sp³-hybridized carbons (Fsp3) is 0.522. The molecule has 10 heteroatoms. The first-order chi connectivity index (χ1) is 16.0. The van der Waals surface area contributed by atoms with Crippen LogP contribution < -0.4 is 15.5 Å². The number of amides is 1. The monoisotopic (exact) mass is 492 g/mol. The Labute approximate surface area is 204 Å². The third-order valence-corrected chi connectivity index (χ3v) is 6.73. The van der Waals surface area contributed by atoms with E-state index in [2.05, 4.69) is 20.5 Å². The number of piperazine rings is 1. The van der Waals surface area contributed by atoms with Crippen molar-refractivity contribution in [3.8, 4) is 0 Å². The number of nitrogens with one attached hydrogen (secondary N) is 2. The topological polar surface area (TPSA) is 82.6 Å². The van der Waals surface area contributed by atoms with Crippen molar-refractivity contribution in [1.82, 2.24) is 20.2 Å². The number of hydrogen-bond acceptors (Lipinski definition) is 7. The predicted molar refractivity (Wildman–Crippen MR) is 131 cm³/mol. The van der Waals surface area contributed by atoms with E-state index in [9.17, 15) is 4.79 Å². The molecular weight excluding hydrogens is 463 g/mol. The van der Waals surface area contributed by atoms with Crippen molar-refractivity contribution in [3.63, 3.8) is 0 Å². The van der Waals surface area contributed by atoms with Crippen LogP contribution in [0.2, 0.25) is 10.0 Å². The van der Waals surface area contributed by atoms with E-state index >= 15 is 0 Å². The number of benzene rings is 1. The molecule has 1 aromatic heterocycles. The average molecular weight is 493 g/mol. The zero-order chi connectivity index (χ0) is 23.4. The quantitative estimate of drug-likeness (QED) is 0.611. The maximum atomic E-state index is 12.7. The van der Waals surface area contributed by atoms with Gasteiger partial charge >= 0.3 is 0 Å². The largest absolute Gasteiger partial charge is 0.380 e. The summed E-state index contributed by atoms with van der Waals surface area (Å²) >= 11 is 12.5. The van der Waals surface area contributed by atoms with Gasteiger partial charge < -0.3 is 25.2 Å². The molecule has 2 atom stereocenters. The van der Waals surface area contributed by atoms with Crippen LogP contribution in [0.15, 0.2) is 24.4 Å². The number of ether oxygens (including phenoxy) is 1. The van der Waals surface area contributed by atoms with Gasteiger partial charge in [0.25, 0.3) is 0 Å². The predicted octanol–water partition coefficient (Wildman–Crippen LogP) is 3.50. The van der Waals surface area contributed by atoms with E-state index in [1.807, 2.05) is 24.0 Å². The lowest BCUT2D eigenvalue weighted by molar-refractivity contribution is -0.133. The van der Waals surface area contributed by atoms with E-state index in [1.165, 1.54) is 0 Å². The molecule has 0 unspecified atom stereocenters. The third kappa shape index (κ3) is 5.69. The van der Waals surface area contributed by atoms with E-state index in [-0.39, 0.29) is 18.0 Å². The maximum absolute atomic E-state index is 12.7. The lowest BCUT2D eigenvalue weighted by atomic mass is 10.1. The van der Waals surface area contributed by atoms with Crippen molar-refractivity contribution < 1.29 is 9.53 Å².